The van der Waals surface area contributed by atoms with Crippen LogP contribution in [0, 0.1) is 0 Å². The van der Waals surface area contributed by atoms with E-state index < -0.39 is 28.5 Å². The Morgan fingerprint density at radius 2 is 1.90 bits per heavy atom. The first kappa shape index (κ1) is 21.3. The van der Waals surface area contributed by atoms with Crippen LogP contribution in [0.15, 0.2) is 30.3 Å². The summed E-state index contributed by atoms with van der Waals surface area (Å²) < 4.78 is 45.3. The molecule has 1 atom stereocenters. The number of hydrogen-bond acceptors (Lipinski definition) is 9. The van der Waals surface area contributed by atoms with E-state index in [9.17, 15) is 18.0 Å². The van der Waals surface area contributed by atoms with Crippen molar-refractivity contribution in [1.29, 1.82) is 0 Å². The van der Waals surface area contributed by atoms with Crippen LogP contribution in [-0.2, 0) is 30.2 Å². The Bertz CT molecular complexity index is 1300. The number of carbonyl (C=O) groups is 2. The molecule has 1 aliphatic rings. The van der Waals surface area contributed by atoms with E-state index in [1.54, 1.807) is 6.07 Å². The lowest BCUT2D eigenvalue weighted by Gasteiger charge is -2.33. The van der Waals surface area contributed by atoms with Crippen LogP contribution in [0.3, 0.4) is 0 Å². The minimum atomic E-state index is -3.75. The van der Waals surface area contributed by atoms with Crippen molar-refractivity contribution >= 4 is 59.6 Å². The fourth-order valence-corrected chi connectivity index (χ4v) is 5.57. The van der Waals surface area contributed by atoms with E-state index in [2.05, 4.69) is 4.74 Å². The zero-order chi connectivity index (χ0) is 22.3. The van der Waals surface area contributed by atoms with Crippen molar-refractivity contribution < 1.29 is 36.4 Å². The molecular formula is C20H19NO8S2. The second-order valence-electron chi connectivity index (χ2n) is 6.94. The van der Waals surface area contributed by atoms with E-state index in [0.717, 1.165) is 21.7 Å². The lowest BCUT2D eigenvalue weighted by atomic mass is 9.94. The zero-order valence-corrected chi connectivity index (χ0v) is 18.5. The van der Waals surface area contributed by atoms with Gasteiger partial charge in [-0.25, -0.2) is 9.59 Å². The summed E-state index contributed by atoms with van der Waals surface area (Å²) in [5.41, 5.74) is 1.16. The first-order valence-electron chi connectivity index (χ1n) is 9.18. The fourth-order valence-electron chi connectivity index (χ4n) is 3.77. The second kappa shape index (κ2) is 7.98. The number of rotatable bonds is 3. The largest absolute Gasteiger partial charge is 0.513 e. The highest BCUT2D eigenvalue weighted by Gasteiger charge is 2.35. The maximum absolute atomic E-state index is 12.5. The van der Waals surface area contributed by atoms with Gasteiger partial charge in [-0.3, -0.25) is 9.08 Å². The Labute approximate surface area is 182 Å². The molecule has 0 aliphatic carbocycles. The SMILES string of the molecule is COC(=O)Oc1cc2c(c3c1sc1ccccc13)CC(OS(C)(=O)=O)CN2C(=O)OC. The summed E-state index contributed by atoms with van der Waals surface area (Å²) in [4.78, 5) is 25.7. The van der Waals surface area contributed by atoms with Gasteiger partial charge in [-0.05, 0) is 11.6 Å². The van der Waals surface area contributed by atoms with Crippen molar-refractivity contribution in [3.8, 4) is 5.75 Å². The van der Waals surface area contributed by atoms with Gasteiger partial charge in [0.1, 0.15) is 0 Å². The number of ether oxygens (including phenoxy) is 3. The Morgan fingerprint density at radius 3 is 2.58 bits per heavy atom. The molecule has 0 spiro atoms. The van der Waals surface area contributed by atoms with E-state index in [1.807, 2.05) is 24.3 Å². The molecule has 0 radical (unpaired) electrons. The molecule has 0 saturated heterocycles. The third kappa shape index (κ3) is 4.03. The maximum atomic E-state index is 12.5. The number of fused-ring (bicyclic) bond motifs is 5. The van der Waals surface area contributed by atoms with Crippen LogP contribution in [-0.4, -0.2) is 53.8 Å². The van der Waals surface area contributed by atoms with E-state index >= 15 is 0 Å². The summed E-state index contributed by atoms with van der Waals surface area (Å²) in [6, 6.07) is 9.18. The molecule has 9 nitrogen and oxygen atoms in total. The zero-order valence-electron chi connectivity index (χ0n) is 16.9. The quantitative estimate of drug-likeness (QED) is 0.327. The van der Waals surface area contributed by atoms with E-state index in [0.29, 0.717) is 16.0 Å². The smallest absolute Gasteiger partial charge is 0.452 e. The molecular weight excluding hydrogens is 446 g/mol. The molecule has 0 N–H and O–H groups in total. The summed E-state index contributed by atoms with van der Waals surface area (Å²) >= 11 is 1.42. The van der Waals surface area contributed by atoms with Crippen LogP contribution >= 0.6 is 11.3 Å². The van der Waals surface area contributed by atoms with Crippen LogP contribution in [0.25, 0.3) is 20.2 Å². The molecule has 1 amide bonds. The van der Waals surface area contributed by atoms with Crippen molar-refractivity contribution in [3.05, 3.63) is 35.9 Å². The third-order valence-corrected chi connectivity index (χ3v) is 6.68. The van der Waals surface area contributed by atoms with Crippen molar-refractivity contribution in [2.45, 2.75) is 12.5 Å². The standard InChI is InChI=1S/C20H19NO8S2/c1-26-19(22)21-10-11(29-31(3,24)25)8-13-14(21)9-15(28-20(23)27-2)18-17(13)12-6-4-5-7-16(12)30-18/h4-7,9,11H,8,10H2,1-3H3. The molecule has 0 bridgehead atoms. The molecule has 4 rings (SSSR count). The van der Waals surface area contributed by atoms with Gasteiger partial charge in [-0.2, -0.15) is 8.42 Å². The molecule has 11 heteroatoms. The van der Waals surface area contributed by atoms with Crippen molar-refractivity contribution in [3.63, 3.8) is 0 Å². The van der Waals surface area contributed by atoms with Crippen LogP contribution in [0.4, 0.5) is 15.3 Å². The highest BCUT2D eigenvalue weighted by Crippen LogP contribution is 2.47. The molecule has 0 saturated carbocycles. The summed E-state index contributed by atoms with van der Waals surface area (Å²) in [5, 5.41) is 1.64. The van der Waals surface area contributed by atoms with Crippen molar-refractivity contribution in [2.24, 2.45) is 0 Å². The van der Waals surface area contributed by atoms with Gasteiger partial charge in [0, 0.05) is 28.0 Å². The molecule has 2 heterocycles. The van der Waals surface area contributed by atoms with Crippen LogP contribution in [0.5, 0.6) is 5.75 Å². The minimum Gasteiger partial charge on any atom is -0.452 e. The topological polar surface area (TPSA) is 108 Å². The Balaban J connectivity index is 2.00. The Morgan fingerprint density at radius 1 is 1.16 bits per heavy atom. The lowest BCUT2D eigenvalue weighted by Crippen LogP contribution is -2.44. The molecule has 3 aromatic rings. The van der Waals surface area contributed by atoms with Gasteiger partial charge < -0.3 is 14.2 Å². The van der Waals surface area contributed by atoms with Gasteiger partial charge in [0.05, 0.1) is 43.5 Å². The number of nitrogens with zero attached hydrogens (tertiary/aromatic N) is 1. The normalized spacial score (nSPS) is 16.2. The van der Waals surface area contributed by atoms with E-state index in [1.165, 1.54) is 30.5 Å². The maximum Gasteiger partial charge on any atom is 0.513 e. The summed E-state index contributed by atoms with van der Waals surface area (Å²) in [6.07, 6.45) is -1.17. The molecule has 2 aromatic carbocycles. The summed E-state index contributed by atoms with van der Waals surface area (Å²) in [7, 11) is -1.32. The van der Waals surface area contributed by atoms with E-state index in [4.69, 9.17) is 13.7 Å². The first-order chi connectivity index (χ1) is 14.7. The average molecular weight is 466 g/mol. The first-order valence-corrected chi connectivity index (χ1v) is 11.8. The van der Waals surface area contributed by atoms with Gasteiger partial charge >= 0.3 is 12.2 Å². The molecule has 1 aromatic heterocycles. The number of anilines is 1. The third-order valence-electron chi connectivity index (χ3n) is 4.87. The van der Waals surface area contributed by atoms with Gasteiger partial charge in [0.2, 0.25) is 0 Å². The molecule has 1 aliphatic heterocycles. The monoisotopic (exact) mass is 465 g/mol. The number of hydrogen-bond donors (Lipinski definition) is 0. The van der Waals surface area contributed by atoms with Crippen molar-refractivity contribution in [1.82, 2.24) is 0 Å². The molecule has 164 valence electrons. The number of amides is 1. The predicted octanol–water partition coefficient (Wildman–Crippen LogP) is 3.67. The molecule has 1 unspecified atom stereocenters. The number of benzene rings is 2. The van der Waals surface area contributed by atoms with Gasteiger partial charge in [-0.15, -0.1) is 11.3 Å². The summed E-state index contributed by atoms with van der Waals surface area (Å²) in [5.74, 6) is 0.234. The Kier molecular flexibility index (Phi) is 5.50. The second-order valence-corrected chi connectivity index (χ2v) is 9.59. The number of thiophene rings is 1. The summed E-state index contributed by atoms with van der Waals surface area (Å²) in [6.45, 7) is -0.0437. The number of carbonyl (C=O) groups excluding carboxylic acids is 2. The lowest BCUT2D eigenvalue weighted by molar-refractivity contribution is 0.122. The Hall–Kier alpha value is -2.89. The highest BCUT2D eigenvalue weighted by atomic mass is 32.2. The van der Waals surface area contributed by atoms with Gasteiger partial charge in [-0.1, -0.05) is 18.2 Å². The molecule has 31 heavy (non-hydrogen) atoms. The van der Waals surface area contributed by atoms with Crippen LogP contribution in [0.1, 0.15) is 5.56 Å². The predicted molar refractivity (Wildman–Crippen MR) is 116 cm³/mol. The van der Waals surface area contributed by atoms with Crippen molar-refractivity contribution in [2.75, 3.05) is 31.9 Å². The highest BCUT2D eigenvalue weighted by molar-refractivity contribution is 7.86. The number of methoxy groups -OCH3 is 2. The van der Waals surface area contributed by atoms with Crippen LogP contribution in [0.2, 0.25) is 0 Å². The fraction of sp³-hybridized carbons (Fsp3) is 0.300. The average Bonchev–Trinajstić information content (AvgIpc) is 3.12. The molecule has 0 fully saturated rings. The minimum absolute atomic E-state index is 0.0437. The van der Waals surface area contributed by atoms with E-state index in [-0.39, 0.29) is 18.7 Å². The van der Waals surface area contributed by atoms with Gasteiger partial charge in [0.25, 0.3) is 10.1 Å². The van der Waals surface area contributed by atoms with Crippen LogP contribution < -0.4 is 9.64 Å². The van der Waals surface area contributed by atoms with Gasteiger partial charge in [0.15, 0.2) is 5.75 Å².